The molecule has 5 N–H and O–H groups in total. The molecule has 0 saturated carbocycles. The lowest BCUT2D eigenvalue weighted by atomic mass is 10.2. The number of sulfonamides is 1. The minimum absolute atomic E-state index is 0.165. The van der Waals surface area contributed by atoms with Gasteiger partial charge < -0.3 is 11.1 Å². The van der Waals surface area contributed by atoms with Crippen molar-refractivity contribution in [2.24, 2.45) is 5.14 Å². The maximum atomic E-state index is 12.1. The molecule has 6 nitrogen and oxygen atoms in total. The maximum Gasteiger partial charge on any atom is 0.263 e. The van der Waals surface area contributed by atoms with E-state index in [1.54, 1.807) is 0 Å². The Labute approximate surface area is 134 Å². The third-order valence-electron chi connectivity index (χ3n) is 2.79. The molecule has 0 radical (unpaired) electrons. The molecule has 1 amide bonds. The second-order valence-electron chi connectivity index (χ2n) is 4.46. The smallest absolute Gasteiger partial charge is 0.263 e. The van der Waals surface area contributed by atoms with Gasteiger partial charge in [0.1, 0.15) is 4.88 Å². The van der Waals surface area contributed by atoms with Gasteiger partial charge in [-0.2, -0.15) is 0 Å². The number of nitrogen functional groups attached to an aromatic ring is 1. The average molecular weight is 392 g/mol. The number of rotatable bonds is 5. The zero-order chi connectivity index (χ0) is 15.6. The molecule has 1 heterocycles. The zero-order valence-corrected chi connectivity index (χ0v) is 14.1. The molecule has 0 aliphatic carbocycles. The number of hydrogen-bond donors (Lipinski definition) is 3. The van der Waals surface area contributed by atoms with Gasteiger partial charge in [-0.3, -0.25) is 4.79 Å². The summed E-state index contributed by atoms with van der Waals surface area (Å²) in [5.41, 5.74) is 6.42. The van der Waals surface area contributed by atoms with Crippen LogP contribution < -0.4 is 16.2 Å². The molecular formula is C12H14BrN3O3S2. The van der Waals surface area contributed by atoms with Gasteiger partial charge in [-0.05, 0) is 18.6 Å². The van der Waals surface area contributed by atoms with Crippen molar-refractivity contribution in [2.45, 2.75) is 6.42 Å². The van der Waals surface area contributed by atoms with Crippen molar-refractivity contribution in [1.82, 2.24) is 5.32 Å². The molecule has 9 heteroatoms. The Morgan fingerprint density at radius 2 is 2.10 bits per heavy atom. The lowest BCUT2D eigenvalue weighted by Gasteiger charge is -2.03. The Balaban J connectivity index is 2.07. The summed E-state index contributed by atoms with van der Waals surface area (Å²) < 4.78 is 23.4. The maximum absolute atomic E-state index is 12.1. The first kappa shape index (κ1) is 16.2. The number of benzene rings is 1. The first-order valence-electron chi connectivity index (χ1n) is 6.04. The van der Waals surface area contributed by atoms with E-state index in [2.05, 4.69) is 21.2 Å². The van der Waals surface area contributed by atoms with Crippen LogP contribution in [0.3, 0.4) is 0 Å². The molecule has 0 fully saturated rings. The van der Waals surface area contributed by atoms with E-state index in [1.807, 2.05) is 18.2 Å². The summed E-state index contributed by atoms with van der Waals surface area (Å²) >= 11 is 4.67. The van der Waals surface area contributed by atoms with Gasteiger partial charge >= 0.3 is 0 Å². The minimum Gasteiger partial charge on any atom is -0.397 e. The summed E-state index contributed by atoms with van der Waals surface area (Å²) in [4.78, 5) is 12.5. The summed E-state index contributed by atoms with van der Waals surface area (Å²) in [6.07, 6.45) is 0.265. The molecule has 0 aliphatic heterocycles. The van der Waals surface area contributed by atoms with Crippen LogP contribution in [-0.4, -0.2) is 26.6 Å². The van der Waals surface area contributed by atoms with Crippen molar-refractivity contribution in [1.29, 1.82) is 0 Å². The highest BCUT2D eigenvalue weighted by atomic mass is 79.9. The van der Waals surface area contributed by atoms with E-state index >= 15 is 0 Å². The molecule has 2 aromatic rings. The fourth-order valence-corrected chi connectivity index (χ4v) is 3.95. The molecule has 1 aromatic heterocycles. The fourth-order valence-electron chi connectivity index (χ4n) is 1.81. The number of nitrogens with two attached hydrogens (primary N) is 2. The van der Waals surface area contributed by atoms with Gasteiger partial charge in [-0.1, -0.05) is 22.0 Å². The molecule has 21 heavy (non-hydrogen) atoms. The molecule has 0 unspecified atom stereocenters. The van der Waals surface area contributed by atoms with E-state index in [-0.39, 0.29) is 24.6 Å². The van der Waals surface area contributed by atoms with E-state index in [4.69, 9.17) is 10.9 Å². The summed E-state index contributed by atoms with van der Waals surface area (Å²) in [6, 6.07) is 5.61. The van der Waals surface area contributed by atoms with Crippen LogP contribution in [0.1, 0.15) is 16.1 Å². The monoisotopic (exact) mass is 391 g/mol. The van der Waals surface area contributed by atoms with E-state index < -0.39 is 10.0 Å². The largest absolute Gasteiger partial charge is 0.397 e. The normalized spacial score (nSPS) is 11.7. The number of nitrogens with one attached hydrogen (secondary N) is 1. The second-order valence-corrected chi connectivity index (χ2v) is 8.16. The third kappa shape index (κ3) is 4.16. The standard InChI is InChI=1S/C12H14BrN3O3S2/c13-7-2-3-8-9(6-7)20-11(10(8)14)12(17)16-4-1-5-21(15,18)19/h2-3,6H,1,4-5,14H2,(H,16,17)(H2,15,18,19). The van der Waals surface area contributed by atoms with Crippen LogP contribution >= 0.6 is 27.3 Å². The number of primary sulfonamides is 1. The Morgan fingerprint density at radius 3 is 2.76 bits per heavy atom. The van der Waals surface area contributed by atoms with E-state index in [1.165, 1.54) is 11.3 Å². The molecule has 114 valence electrons. The zero-order valence-electron chi connectivity index (χ0n) is 10.9. The SMILES string of the molecule is Nc1c(C(=O)NCCCS(N)(=O)=O)sc2cc(Br)ccc12. The topological polar surface area (TPSA) is 115 Å². The van der Waals surface area contributed by atoms with Gasteiger partial charge in [-0.25, -0.2) is 13.6 Å². The molecule has 0 saturated heterocycles. The first-order valence-corrected chi connectivity index (χ1v) is 9.36. The van der Waals surface area contributed by atoms with Gasteiger partial charge in [-0.15, -0.1) is 11.3 Å². The van der Waals surface area contributed by atoms with Crippen LogP contribution in [0.5, 0.6) is 0 Å². The highest BCUT2D eigenvalue weighted by molar-refractivity contribution is 9.10. The van der Waals surface area contributed by atoms with Gasteiger partial charge in [0, 0.05) is 21.1 Å². The lowest BCUT2D eigenvalue weighted by molar-refractivity contribution is 0.0958. The van der Waals surface area contributed by atoms with Crippen LogP contribution in [0.4, 0.5) is 5.69 Å². The number of carbonyl (C=O) groups is 1. The van der Waals surface area contributed by atoms with Crippen molar-refractivity contribution in [3.05, 3.63) is 27.5 Å². The molecule has 0 atom stereocenters. The fraction of sp³-hybridized carbons (Fsp3) is 0.250. The molecule has 2 rings (SSSR count). The number of halogens is 1. The van der Waals surface area contributed by atoms with E-state index in [0.717, 1.165) is 14.6 Å². The molecular weight excluding hydrogens is 378 g/mol. The molecule has 1 aromatic carbocycles. The second kappa shape index (κ2) is 6.30. The van der Waals surface area contributed by atoms with Crippen LogP contribution in [0.2, 0.25) is 0 Å². The number of amides is 1. The lowest BCUT2D eigenvalue weighted by Crippen LogP contribution is -2.27. The number of hydrogen-bond acceptors (Lipinski definition) is 5. The van der Waals surface area contributed by atoms with Crippen molar-refractivity contribution < 1.29 is 13.2 Å². The Bertz CT molecular complexity index is 786. The number of thiophene rings is 1. The summed E-state index contributed by atoms with van der Waals surface area (Å²) in [7, 11) is -3.50. The summed E-state index contributed by atoms with van der Waals surface area (Å²) in [5.74, 6) is -0.471. The number of fused-ring (bicyclic) bond motifs is 1. The van der Waals surface area contributed by atoms with Crippen LogP contribution in [0, 0.1) is 0 Å². The van der Waals surface area contributed by atoms with E-state index in [9.17, 15) is 13.2 Å². The quantitative estimate of drug-likeness (QED) is 0.671. The summed E-state index contributed by atoms with van der Waals surface area (Å²) in [6.45, 7) is 0.229. The predicted molar refractivity (Wildman–Crippen MR) is 88.9 cm³/mol. The van der Waals surface area contributed by atoms with Gasteiger partial charge in [0.15, 0.2) is 0 Å². The highest BCUT2D eigenvalue weighted by Crippen LogP contribution is 2.35. The Morgan fingerprint density at radius 1 is 1.38 bits per heavy atom. The Kier molecular flexibility index (Phi) is 4.87. The molecule has 0 bridgehead atoms. The number of carbonyl (C=O) groups excluding carboxylic acids is 1. The molecule has 0 aliphatic rings. The van der Waals surface area contributed by atoms with Crippen molar-refractivity contribution in [2.75, 3.05) is 18.0 Å². The van der Waals surface area contributed by atoms with Crippen molar-refractivity contribution in [3.8, 4) is 0 Å². The Hall–Kier alpha value is -1.16. The molecule has 0 spiro atoms. The highest BCUT2D eigenvalue weighted by Gasteiger charge is 2.16. The van der Waals surface area contributed by atoms with E-state index in [0.29, 0.717) is 10.6 Å². The third-order valence-corrected chi connectivity index (χ3v) is 5.31. The van der Waals surface area contributed by atoms with Crippen molar-refractivity contribution in [3.63, 3.8) is 0 Å². The van der Waals surface area contributed by atoms with Gasteiger partial charge in [0.2, 0.25) is 10.0 Å². The first-order chi connectivity index (χ1) is 9.78. The number of anilines is 1. The van der Waals surface area contributed by atoms with Crippen LogP contribution in [0.25, 0.3) is 10.1 Å². The van der Waals surface area contributed by atoms with Crippen molar-refractivity contribution >= 4 is 59.0 Å². The van der Waals surface area contributed by atoms with Gasteiger partial charge in [0.25, 0.3) is 5.91 Å². The van der Waals surface area contributed by atoms with Gasteiger partial charge in [0.05, 0.1) is 11.4 Å². The van der Waals surface area contributed by atoms with Crippen LogP contribution in [0.15, 0.2) is 22.7 Å². The predicted octanol–water partition coefficient (Wildman–Crippen LogP) is 1.65. The minimum atomic E-state index is -3.50. The van der Waals surface area contributed by atoms with Crippen LogP contribution in [-0.2, 0) is 10.0 Å². The average Bonchev–Trinajstić information content (AvgIpc) is 2.70. The summed E-state index contributed by atoms with van der Waals surface area (Å²) in [5, 5.41) is 8.37.